The number of hydrogen-bond donors (Lipinski definition) is 1. The van der Waals surface area contributed by atoms with Crippen LogP contribution in [0.5, 0.6) is 5.75 Å². The molecule has 182 valence electrons. The molecule has 33 heavy (non-hydrogen) atoms. The number of nitrogens with one attached hydrogen (secondary N) is 1. The van der Waals surface area contributed by atoms with Crippen LogP contribution < -0.4 is 10.1 Å². The lowest BCUT2D eigenvalue weighted by atomic mass is 9.79. The van der Waals surface area contributed by atoms with Crippen LogP contribution in [0, 0.1) is 5.41 Å². The van der Waals surface area contributed by atoms with Crippen molar-refractivity contribution in [1.29, 1.82) is 0 Å². The molecule has 0 aliphatic carbocycles. The predicted molar refractivity (Wildman–Crippen MR) is 138 cm³/mol. The summed E-state index contributed by atoms with van der Waals surface area (Å²) in [5, 5.41) is 3.64. The number of methoxy groups -OCH3 is 1. The summed E-state index contributed by atoms with van der Waals surface area (Å²) in [6.07, 6.45) is -0.353. The van der Waals surface area contributed by atoms with E-state index < -0.39 is 13.7 Å². The van der Waals surface area contributed by atoms with E-state index in [9.17, 15) is 4.79 Å². The summed E-state index contributed by atoms with van der Waals surface area (Å²) in [6, 6.07) is 17.5. The molecule has 5 nitrogen and oxygen atoms in total. The van der Waals surface area contributed by atoms with Crippen LogP contribution in [-0.2, 0) is 14.0 Å². The van der Waals surface area contributed by atoms with Gasteiger partial charge in [-0.15, -0.1) is 0 Å². The van der Waals surface area contributed by atoms with Crippen LogP contribution >= 0.6 is 0 Å². The van der Waals surface area contributed by atoms with E-state index in [1.165, 1.54) is 0 Å². The van der Waals surface area contributed by atoms with Gasteiger partial charge >= 0.3 is 5.97 Å². The van der Waals surface area contributed by atoms with Crippen LogP contribution in [0.3, 0.4) is 0 Å². The number of ether oxygens (including phenoxy) is 2. The predicted octanol–water partition coefficient (Wildman–Crippen LogP) is 6.83. The summed E-state index contributed by atoms with van der Waals surface area (Å²) in [5.74, 6) is 0.523. The molecule has 0 bridgehead atoms. The monoisotopic (exact) mass is 471 g/mol. The van der Waals surface area contributed by atoms with Crippen molar-refractivity contribution in [3.63, 3.8) is 0 Å². The van der Waals surface area contributed by atoms with Crippen molar-refractivity contribution in [2.75, 3.05) is 19.0 Å². The first-order valence-electron chi connectivity index (χ1n) is 11.6. The molecular weight excluding hydrogens is 430 g/mol. The van der Waals surface area contributed by atoms with E-state index in [0.29, 0.717) is 6.61 Å². The van der Waals surface area contributed by atoms with E-state index in [2.05, 4.69) is 51.3 Å². The minimum atomic E-state index is -2.19. The maximum Gasteiger partial charge on any atom is 0.313 e. The Kier molecular flexibility index (Phi) is 8.77. The fraction of sp³-hybridized carbons (Fsp3) is 0.519. The van der Waals surface area contributed by atoms with Crippen molar-refractivity contribution in [1.82, 2.24) is 0 Å². The molecule has 2 aromatic carbocycles. The Bertz CT molecular complexity index is 889. The molecule has 6 heteroatoms. The van der Waals surface area contributed by atoms with Gasteiger partial charge in [0.25, 0.3) is 0 Å². The molecular formula is C27H41NO4Si. The smallest absolute Gasteiger partial charge is 0.313 e. The molecule has 0 aliphatic rings. The maximum absolute atomic E-state index is 13.2. The van der Waals surface area contributed by atoms with E-state index in [-0.39, 0.29) is 23.2 Å². The highest BCUT2D eigenvalue weighted by Gasteiger charge is 2.48. The lowest BCUT2D eigenvalue weighted by Gasteiger charge is -2.45. The molecule has 2 aromatic rings. The topological polar surface area (TPSA) is 56.8 Å². The molecule has 0 spiro atoms. The highest BCUT2D eigenvalue weighted by Crippen LogP contribution is 2.44. The van der Waals surface area contributed by atoms with Gasteiger partial charge in [0.05, 0.1) is 31.3 Å². The summed E-state index contributed by atoms with van der Waals surface area (Å²) in [7, 11) is -0.543. The van der Waals surface area contributed by atoms with Gasteiger partial charge in [-0.2, -0.15) is 0 Å². The molecule has 2 rings (SSSR count). The summed E-state index contributed by atoms with van der Waals surface area (Å²) in [5.41, 5.74) is 1.06. The van der Waals surface area contributed by atoms with Crippen molar-refractivity contribution in [2.24, 2.45) is 5.41 Å². The van der Waals surface area contributed by atoms with Crippen LogP contribution in [0.4, 0.5) is 5.69 Å². The number of carbonyl (C=O) groups excluding carboxylic acids is 1. The van der Waals surface area contributed by atoms with Crippen molar-refractivity contribution in [2.45, 2.75) is 71.8 Å². The van der Waals surface area contributed by atoms with Crippen LogP contribution in [0.1, 0.15) is 53.2 Å². The summed E-state index contributed by atoms with van der Waals surface area (Å²) in [4.78, 5) is 13.2. The first kappa shape index (κ1) is 26.9. The number of esters is 1. The van der Waals surface area contributed by atoms with E-state index in [4.69, 9.17) is 13.9 Å². The van der Waals surface area contributed by atoms with Gasteiger partial charge in [0.15, 0.2) is 8.32 Å². The molecule has 0 radical (unpaired) electrons. The molecule has 0 saturated carbocycles. The number of hydrogen-bond acceptors (Lipinski definition) is 5. The third-order valence-electron chi connectivity index (χ3n) is 6.65. The van der Waals surface area contributed by atoms with Gasteiger partial charge in [-0.3, -0.25) is 4.79 Å². The van der Waals surface area contributed by atoms with E-state index in [0.717, 1.165) is 17.0 Å². The Labute approximate surface area is 201 Å². The van der Waals surface area contributed by atoms with Crippen molar-refractivity contribution < 1.29 is 18.7 Å². The molecule has 0 unspecified atom stereocenters. The second kappa shape index (κ2) is 10.7. The van der Waals surface area contributed by atoms with Crippen molar-refractivity contribution in [3.05, 3.63) is 60.2 Å². The van der Waals surface area contributed by atoms with Gasteiger partial charge in [-0.05, 0) is 68.7 Å². The van der Waals surface area contributed by atoms with Gasteiger partial charge in [0.1, 0.15) is 5.75 Å². The molecule has 0 fully saturated rings. The fourth-order valence-corrected chi connectivity index (χ4v) is 4.67. The van der Waals surface area contributed by atoms with Crippen LogP contribution in [0.15, 0.2) is 54.6 Å². The Morgan fingerprint density at radius 1 is 0.970 bits per heavy atom. The molecule has 0 aliphatic heterocycles. The van der Waals surface area contributed by atoms with Crippen LogP contribution in [0.25, 0.3) is 0 Å². The molecule has 0 aromatic heterocycles. The second-order valence-electron chi connectivity index (χ2n) is 10.5. The average Bonchev–Trinajstić information content (AvgIpc) is 2.76. The molecule has 0 amide bonds. The Morgan fingerprint density at radius 3 is 2.03 bits per heavy atom. The van der Waals surface area contributed by atoms with Gasteiger partial charge in [-0.25, -0.2) is 0 Å². The van der Waals surface area contributed by atoms with E-state index >= 15 is 0 Å². The number of anilines is 1. The standard InChI is InChI=1S/C27H41NO4Si/c1-10-31-25(29)27(5,6)24(28-21-16-18-22(30-7)19-17-21)23(20-14-12-11-13-15-20)32-33(8,9)26(2,3)4/h11-19,23-24,28H,10H2,1-9H3/t23-,24-/m0/s1. The minimum absolute atomic E-state index is 0.0127. The molecule has 0 saturated heterocycles. The summed E-state index contributed by atoms with van der Waals surface area (Å²) >= 11 is 0. The Morgan fingerprint density at radius 2 is 1.55 bits per heavy atom. The highest BCUT2D eigenvalue weighted by molar-refractivity contribution is 6.74. The number of rotatable bonds is 10. The lowest BCUT2D eigenvalue weighted by molar-refractivity contribution is -0.155. The third-order valence-corrected chi connectivity index (χ3v) is 11.1. The first-order chi connectivity index (χ1) is 15.3. The van der Waals surface area contributed by atoms with E-state index in [1.54, 1.807) is 7.11 Å². The third kappa shape index (κ3) is 6.61. The molecule has 1 N–H and O–H groups in total. The summed E-state index contributed by atoms with van der Waals surface area (Å²) in [6.45, 7) is 17.2. The summed E-state index contributed by atoms with van der Waals surface area (Å²) < 4.78 is 17.8. The maximum atomic E-state index is 13.2. The van der Waals surface area contributed by atoms with Crippen molar-refractivity contribution in [3.8, 4) is 5.75 Å². The Balaban J connectivity index is 2.61. The van der Waals surface area contributed by atoms with Gasteiger partial charge < -0.3 is 19.2 Å². The van der Waals surface area contributed by atoms with Crippen LogP contribution in [0.2, 0.25) is 18.1 Å². The van der Waals surface area contributed by atoms with E-state index in [1.807, 2.05) is 63.2 Å². The largest absolute Gasteiger partial charge is 0.497 e. The lowest BCUT2D eigenvalue weighted by Crippen LogP contribution is -2.51. The van der Waals surface area contributed by atoms with Gasteiger partial charge in [0, 0.05) is 5.69 Å². The minimum Gasteiger partial charge on any atom is -0.497 e. The quantitative estimate of drug-likeness (QED) is 0.304. The highest BCUT2D eigenvalue weighted by atomic mass is 28.4. The number of carbonyl (C=O) groups is 1. The second-order valence-corrected chi connectivity index (χ2v) is 15.3. The Hall–Kier alpha value is -2.31. The fourth-order valence-electron chi connectivity index (χ4n) is 3.41. The SMILES string of the molecule is CCOC(=O)C(C)(C)[C@@H](Nc1ccc(OC)cc1)[C@@H](O[Si](C)(C)C(C)(C)C)c1ccccc1. The zero-order valence-electron chi connectivity index (χ0n) is 21.7. The zero-order valence-corrected chi connectivity index (χ0v) is 22.7. The van der Waals surface area contributed by atoms with Crippen molar-refractivity contribution >= 4 is 20.0 Å². The zero-order chi connectivity index (χ0) is 24.9. The first-order valence-corrected chi connectivity index (χ1v) is 14.5. The van der Waals surface area contributed by atoms with Gasteiger partial charge in [-0.1, -0.05) is 51.1 Å². The number of benzene rings is 2. The van der Waals surface area contributed by atoms with Gasteiger partial charge in [0.2, 0.25) is 0 Å². The average molecular weight is 472 g/mol. The normalized spacial score (nSPS) is 14.3. The molecule has 2 atom stereocenters. The van der Waals surface area contributed by atoms with Crippen LogP contribution in [-0.4, -0.2) is 34.0 Å². The molecule has 0 heterocycles.